The average Bonchev–Trinajstić information content (AvgIpc) is 3.66. The Morgan fingerprint density at radius 2 is 1.00 bits per heavy atom. The van der Waals surface area contributed by atoms with Crippen molar-refractivity contribution in [2.75, 3.05) is 4.90 Å². The maximum absolute atomic E-state index is 5.14. The molecular weight excluding hydrogens is 802 g/mol. The molecular formula is C60H46KN3. The van der Waals surface area contributed by atoms with Crippen molar-refractivity contribution in [2.45, 2.75) is 27.7 Å². The minimum Gasteiger partial charge on any atom is -0.657 e. The van der Waals surface area contributed by atoms with Crippen molar-refractivity contribution in [3.8, 4) is 16.8 Å². The van der Waals surface area contributed by atoms with Crippen molar-refractivity contribution >= 4 is 93.3 Å². The molecule has 12 rings (SSSR count). The second-order valence-electron chi connectivity index (χ2n) is 16.3. The van der Waals surface area contributed by atoms with Gasteiger partial charge in [0.05, 0.1) is 16.7 Å². The van der Waals surface area contributed by atoms with Gasteiger partial charge in [0.1, 0.15) is 0 Å². The number of aromatic nitrogens is 1. The molecule has 0 fully saturated rings. The van der Waals surface area contributed by atoms with Crippen LogP contribution in [0.5, 0.6) is 0 Å². The first kappa shape index (κ1) is 41.7. The summed E-state index contributed by atoms with van der Waals surface area (Å²) >= 11 is 0. The average molecular weight is 848 g/mol. The number of rotatable bonds is 7. The third-order valence-electron chi connectivity index (χ3n) is 12.6. The molecule has 4 heteroatoms. The molecule has 0 aliphatic rings. The maximum atomic E-state index is 5.14. The molecule has 0 saturated carbocycles. The first-order chi connectivity index (χ1) is 31.1. The van der Waals surface area contributed by atoms with E-state index in [9.17, 15) is 0 Å². The van der Waals surface area contributed by atoms with Crippen LogP contribution in [0.4, 0.5) is 28.4 Å². The number of aryl methyl sites for hydroxylation is 2. The summed E-state index contributed by atoms with van der Waals surface area (Å²) in [5.74, 6) is 0. The van der Waals surface area contributed by atoms with E-state index >= 15 is 0 Å². The molecule has 1 aromatic heterocycles. The normalized spacial score (nSPS) is 11.3. The number of hydrogen-bond acceptors (Lipinski definition) is 1. The van der Waals surface area contributed by atoms with Crippen LogP contribution in [0.3, 0.4) is 0 Å². The van der Waals surface area contributed by atoms with E-state index < -0.39 is 0 Å². The van der Waals surface area contributed by atoms with Crippen molar-refractivity contribution in [3.63, 3.8) is 0 Å². The van der Waals surface area contributed by atoms with Gasteiger partial charge in [0, 0.05) is 33.2 Å². The smallest absolute Gasteiger partial charge is 0.657 e. The largest absolute Gasteiger partial charge is 1.00 e. The van der Waals surface area contributed by atoms with Crippen LogP contribution < -0.4 is 56.3 Å². The van der Waals surface area contributed by atoms with Gasteiger partial charge >= 0.3 is 51.4 Å². The fourth-order valence-corrected chi connectivity index (χ4v) is 9.71. The van der Waals surface area contributed by atoms with Gasteiger partial charge in [-0.2, -0.15) is 0 Å². The molecule has 0 radical (unpaired) electrons. The second kappa shape index (κ2) is 17.4. The zero-order valence-corrected chi connectivity index (χ0v) is 40.1. The van der Waals surface area contributed by atoms with Gasteiger partial charge in [-0.15, -0.1) is 11.4 Å². The van der Waals surface area contributed by atoms with E-state index in [1.807, 2.05) is 13.8 Å². The number of fused-ring (bicyclic) bond motifs is 5. The molecule has 1 heterocycles. The maximum Gasteiger partial charge on any atom is 1.00 e. The topological polar surface area (TPSA) is 22.3 Å². The van der Waals surface area contributed by atoms with Crippen molar-refractivity contribution < 1.29 is 51.4 Å². The van der Waals surface area contributed by atoms with Crippen molar-refractivity contribution in [3.05, 3.63) is 223 Å². The van der Waals surface area contributed by atoms with E-state index in [2.05, 4.69) is 230 Å². The molecule has 0 aliphatic heterocycles. The minimum absolute atomic E-state index is 0. The van der Waals surface area contributed by atoms with Crippen LogP contribution >= 0.6 is 0 Å². The van der Waals surface area contributed by atoms with E-state index in [-0.39, 0.29) is 51.4 Å². The summed E-state index contributed by atoms with van der Waals surface area (Å²) in [6.45, 7) is 8.25. The molecule has 0 bridgehead atoms. The zero-order chi connectivity index (χ0) is 42.6. The van der Waals surface area contributed by atoms with Gasteiger partial charge in [-0.25, -0.2) is 0 Å². The Hall–Kier alpha value is -6.24. The third-order valence-corrected chi connectivity index (χ3v) is 12.6. The van der Waals surface area contributed by atoms with Crippen LogP contribution in [-0.4, -0.2) is 4.57 Å². The van der Waals surface area contributed by atoms with Crippen LogP contribution in [0.2, 0.25) is 0 Å². The summed E-state index contributed by atoms with van der Waals surface area (Å²) in [5.41, 5.74) is 13.4. The molecule has 0 spiro atoms. The molecule has 0 aliphatic carbocycles. The Balaban J connectivity index is 0.00000159. The molecule has 302 valence electrons. The predicted octanol–water partition coefficient (Wildman–Crippen LogP) is 15.0. The van der Waals surface area contributed by atoms with Crippen LogP contribution in [0, 0.1) is 13.8 Å². The van der Waals surface area contributed by atoms with E-state index in [4.69, 9.17) is 5.32 Å². The summed E-state index contributed by atoms with van der Waals surface area (Å²) in [5, 5.41) is 17.8. The molecule has 64 heavy (non-hydrogen) atoms. The minimum atomic E-state index is 0. The van der Waals surface area contributed by atoms with Gasteiger partial charge in [-0.1, -0.05) is 177 Å². The summed E-state index contributed by atoms with van der Waals surface area (Å²) in [7, 11) is 0. The summed E-state index contributed by atoms with van der Waals surface area (Å²) in [6.07, 6.45) is 0. The first-order valence-electron chi connectivity index (χ1n) is 22.0. The van der Waals surface area contributed by atoms with Crippen LogP contribution in [0.15, 0.2) is 206 Å². The monoisotopic (exact) mass is 847 g/mol. The van der Waals surface area contributed by atoms with Crippen LogP contribution in [0.25, 0.3) is 87.0 Å². The van der Waals surface area contributed by atoms with E-state index in [1.54, 1.807) is 0 Å². The predicted molar refractivity (Wildman–Crippen MR) is 272 cm³/mol. The van der Waals surface area contributed by atoms with Crippen LogP contribution in [0.1, 0.15) is 25.0 Å². The number of para-hydroxylation sites is 2. The fraction of sp³-hybridized carbons (Fsp3) is 0.0667. The Labute approximate surface area is 417 Å². The Morgan fingerprint density at radius 3 is 1.77 bits per heavy atom. The van der Waals surface area contributed by atoms with Crippen LogP contribution in [-0.2, 0) is 0 Å². The second-order valence-corrected chi connectivity index (χ2v) is 16.3. The first-order valence-corrected chi connectivity index (χ1v) is 22.0. The van der Waals surface area contributed by atoms with Gasteiger partial charge in [-0.05, 0) is 117 Å². The summed E-state index contributed by atoms with van der Waals surface area (Å²) < 4.78 is 2.40. The number of nitrogens with zero attached hydrogens (tertiary/aromatic N) is 3. The van der Waals surface area contributed by atoms with Crippen molar-refractivity contribution in [2.24, 2.45) is 0 Å². The van der Waals surface area contributed by atoms with Gasteiger partial charge in [0.2, 0.25) is 0 Å². The molecule has 0 unspecified atom stereocenters. The SMILES string of the molecule is CC.Cc1ccc([N-]c2ccccc2-c2cccc(N(c3ccc4c(c3)c3ccccc3n4-c3ccc(C)cc3)c3ccc4c5cccc6cccc(c7cccc3c74)c65)c2)cc1.[K+]. The number of anilines is 3. The number of hydrogen-bond donors (Lipinski definition) is 0. The van der Waals surface area contributed by atoms with E-state index in [0.29, 0.717) is 0 Å². The van der Waals surface area contributed by atoms with Gasteiger partial charge in [-0.3, -0.25) is 0 Å². The number of benzene rings is 11. The van der Waals surface area contributed by atoms with Crippen molar-refractivity contribution in [1.82, 2.24) is 4.57 Å². The Kier molecular flexibility index (Phi) is 11.3. The summed E-state index contributed by atoms with van der Waals surface area (Å²) in [4.78, 5) is 2.46. The fourth-order valence-electron chi connectivity index (χ4n) is 9.71. The summed E-state index contributed by atoms with van der Waals surface area (Å²) in [6, 6.07) is 75.4. The Morgan fingerprint density at radius 1 is 0.422 bits per heavy atom. The van der Waals surface area contributed by atoms with Crippen molar-refractivity contribution in [1.29, 1.82) is 0 Å². The molecule has 0 atom stereocenters. The third kappa shape index (κ3) is 7.07. The van der Waals surface area contributed by atoms with E-state index in [1.165, 1.54) is 76.0 Å². The molecule has 12 aromatic rings. The molecule has 0 saturated heterocycles. The molecule has 0 N–H and O–H groups in total. The Bertz CT molecular complexity index is 3590. The van der Waals surface area contributed by atoms with E-state index in [0.717, 1.165) is 45.3 Å². The quantitative estimate of drug-likeness (QED) is 0.0890. The molecule has 11 aromatic carbocycles. The molecule has 0 amide bonds. The zero-order valence-electron chi connectivity index (χ0n) is 37.0. The standard InChI is InChI=1S/C58H40N3.C2H6.K/c1-37-23-27-41(28-24-37)59-53-21-5-3-15-45(53)40-13-7-14-43(35-40)60(44-31-33-56-52(36-44)46-16-4-6-22-54(46)61(56)42-29-25-38(2)26-30-42)55-34-32-50-48-18-9-12-39-11-8-17-47(57(39)48)49-19-10-20-51(55)58(49)50;1-2;/h3-36H,1-2H3;1-2H3;/q-1;;+1. The van der Waals surface area contributed by atoms with Gasteiger partial charge < -0.3 is 14.8 Å². The molecule has 3 nitrogen and oxygen atoms in total. The van der Waals surface area contributed by atoms with Gasteiger partial charge in [0.15, 0.2) is 0 Å². The van der Waals surface area contributed by atoms with Gasteiger partial charge in [0.25, 0.3) is 0 Å².